The lowest BCUT2D eigenvalue weighted by Crippen LogP contribution is -2.18. The normalized spacial score (nSPS) is 13.9. The molecule has 3 rings (SSSR count). The fraction of sp³-hybridized carbons (Fsp3) is 0.0588. The maximum atomic E-state index is 2.27. The van der Waals surface area contributed by atoms with Gasteiger partial charge in [0.05, 0.1) is 0 Å². The second-order valence-corrected chi connectivity index (χ2v) is 4.34. The number of para-hydroxylation sites is 1. The average Bonchev–Trinajstić information content (AvgIpc) is 2.46. The van der Waals surface area contributed by atoms with Crippen LogP contribution in [0, 0.1) is 0 Å². The van der Waals surface area contributed by atoms with Gasteiger partial charge in [-0.05, 0) is 23.3 Å². The number of hydrogen-bond donors (Lipinski definition) is 0. The molecule has 0 radical (unpaired) electrons. The van der Waals surface area contributed by atoms with E-state index in [0.717, 1.165) is 6.54 Å². The number of benzene rings is 2. The van der Waals surface area contributed by atoms with E-state index < -0.39 is 0 Å². The van der Waals surface area contributed by atoms with Crippen molar-refractivity contribution in [2.45, 2.75) is 0 Å². The maximum absolute atomic E-state index is 2.27. The Bertz CT molecular complexity index is 582. The van der Waals surface area contributed by atoms with Crippen LogP contribution in [0.4, 0.5) is 5.69 Å². The summed E-state index contributed by atoms with van der Waals surface area (Å²) in [5.74, 6) is 0. The van der Waals surface area contributed by atoms with Crippen molar-refractivity contribution in [3.63, 3.8) is 0 Å². The highest BCUT2D eigenvalue weighted by Crippen LogP contribution is 2.25. The molecule has 2 aromatic carbocycles. The summed E-state index contributed by atoms with van der Waals surface area (Å²) >= 11 is 0. The smallest absolute Gasteiger partial charge is 0.0482 e. The summed E-state index contributed by atoms with van der Waals surface area (Å²) in [5.41, 5.74) is 3.78. The van der Waals surface area contributed by atoms with Gasteiger partial charge >= 0.3 is 0 Å². The van der Waals surface area contributed by atoms with Crippen LogP contribution in [0.3, 0.4) is 0 Å². The van der Waals surface area contributed by atoms with Crippen LogP contribution in [0.2, 0.25) is 0 Å². The molecule has 1 aliphatic rings. The molecule has 0 aromatic heterocycles. The monoisotopic (exact) mass is 233 g/mol. The molecule has 1 heterocycles. The van der Waals surface area contributed by atoms with Gasteiger partial charge in [-0.1, -0.05) is 60.7 Å². The fourth-order valence-electron chi connectivity index (χ4n) is 2.16. The van der Waals surface area contributed by atoms with Crippen LogP contribution < -0.4 is 4.90 Å². The first kappa shape index (κ1) is 10.8. The fourth-order valence-corrected chi connectivity index (χ4v) is 2.16. The van der Waals surface area contributed by atoms with E-state index in [1.165, 1.54) is 16.8 Å². The summed E-state index contributed by atoms with van der Waals surface area (Å²) in [7, 11) is 0. The lowest BCUT2D eigenvalue weighted by atomic mass is 10.1. The largest absolute Gasteiger partial charge is 0.344 e. The van der Waals surface area contributed by atoms with E-state index >= 15 is 0 Å². The van der Waals surface area contributed by atoms with Crippen LogP contribution in [0.15, 0.2) is 66.9 Å². The van der Waals surface area contributed by atoms with Crippen molar-refractivity contribution in [3.8, 4) is 0 Å². The highest BCUT2D eigenvalue weighted by atomic mass is 15.1. The second-order valence-electron chi connectivity index (χ2n) is 4.34. The summed E-state index contributed by atoms with van der Waals surface area (Å²) in [6.45, 7) is 0.931. The SMILES string of the molecule is C1=Cc2ccccc2N(/C=C/c2ccccc2)C1. The first-order valence-electron chi connectivity index (χ1n) is 6.19. The van der Waals surface area contributed by atoms with E-state index in [1.807, 2.05) is 6.07 Å². The molecule has 2 aromatic rings. The van der Waals surface area contributed by atoms with Crippen LogP contribution in [0.5, 0.6) is 0 Å². The quantitative estimate of drug-likeness (QED) is 0.751. The van der Waals surface area contributed by atoms with Crippen molar-refractivity contribution >= 4 is 17.8 Å². The highest BCUT2D eigenvalue weighted by molar-refractivity contribution is 5.73. The van der Waals surface area contributed by atoms with Gasteiger partial charge in [0.15, 0.2) is 0 Å². The Morgan fingerprint density at radius 3 is 2.56 bits per heavy atom. The molecular weight excluding hydrogens is 218 g/mol. The van der Waals surface area contributed by atoms with Gasteiger partial charge in [0.1, 0.15) is 0 Å². The first-order valence-corrected chi connectivity index (χ1v) is 6.19. The van der Waals surface area contributed by atoms with Crippen LogP contribution in [-0.4, -0.2) is 6.54 Å². The molecule has 88 valence electrons. The number of anilines is 1. The van der Waals surface area contributed by atoms with Crippen molar-refractivity contribution in [1.82, 2.24) is 0 Å². The summed E-state index contributed by atoms with van der Waals surface area (Å²) in [6, 6.07) is 18.9. The van der Waals surface area contributed by atoms with E-state index in [0.29, 0.717) is 0 Å². The molecule has 0 saturated heterocycles. The molecule has 0 bridgehead atoms. The molecule has 1 heteroatoms. The van der Waals surface area contributed by atoms with Gasteiger partial charge in [0.2, 0.25) is 0 Å². The Morgan fingerprint density at radius 1 is 0.889 bits per heavy atom. The van der Waals surface area contributed by atoms with Crippen molar-refractivity contribution < 1.29 is 0 Å². The minimum absolute atomic E-state index is 0.931. The van der Waals surface area contributed by atoms with Crippen LogP contribution >= 0.6 is 0 Å². The minimum atomic E-state index is 0.931. The van der Waals surface area contributed by atoms with Gasteiger partial charge in [0, 0.05) is 18.4 Å². The van der Waals surface area contributed by atoms with Gasteiger partial charge in [-0.15, -0.1) is 0 Å². The summed E-state index contributed by atoms with van der Waals surface area (Å²) < 4.78 is 0. The lowest BCUT2D eigenvalue weighted by Gasteiger charge is -2.24. The van der Waals surface area contributed by atoms with Gasteiger partial charge in [-0.2, -0.15) is 0 Å². The molecule has 1 nitrogen and oxygen atoms in total. The Balaban J connectivity index is 1.87. The van der Waals surface area contributed by atoms with Crippen LogP contribution in [-0.2, 0) is 0 Å². The van der Waals surface area contributed by atoms with Crippen LogP contribution in [0.1, 0.15) is 11.1 Å². The van der Waals surface area contributed by atoms with Crippen LogP contribution in [0.25, 0.3) is 12.2 Å². The Labute approximate surface area is 108 Å². The molecule has 0 N–H and O–H groups in total. The predicted molar refractivity (Wildman–Crippen MR) is 78.3 cm³/mol. The third-order valence-corrected chi connectivity index (χ3v) is 3.09. The number of nitrogens with zero attached hydrogens (tertiary/aromatic N) is 1. The van der Waals surface area contributed by atoms with Crippen molar-refractivity contribution in [3.05, 3.63) is 78.0 Å². The molecule has 0 fully saturated rings. The molecular formula is C17H15N. The molecule has 0 aliphatic carbocycles. The van der Waals surface area contributed by atoms with Crippen molar-refractivity contribution in [2.75, 3.05) is 11.4 Å². The van der Waals surface area contributed by atoms with E-state index in [1.54, 1.807) is 0 Å². The van der Waals surface area contributed by atoms with Gasteiger partial charge in [-0.25, -0.2) is 0 Å². The zero-order valence-electron chi connectivity index (χ0n) is 10.2. The number of rotatable bonds is 2. The molecule has 0 atom stereocenters. The lowest BCUT2D eigenvalue weighted by molar-refractivity contribution is 1.08. The Hall–Kier alpha value is -2.28. The topological polar surface area (TPSA) is 3.24 Å². The summed E-state index contributed by atoms with van der Waals surface area (Å²) in [6.07, 6.45) is 8.67. The maximum Gasteiger partial charge on any atom is 0.0482 e. The van der Waals surface area contributed by atoms with Gasteiger partial charge in [0.25, 0.3) is 0 Å². The van der Waals surface area contributed by atoms with Gasteiger partial charge < -0.3 is 4.90 Å². The molecule has 0 spiro atoms. The molecule has 18 heavy (non-hydrogen) atoms. The highest BCUT2D eigenvalue weighted by Gasteiger charge is 2.08. The van der Waals surface area contributed by atoms with Crippen molar-refractivity contribution in [1.29, 1.82) is 0 Å². The zero-order valence-corrected chi connectivity index (χ0v) is 10.2. The summed E-state index contributed by atoms with van der Waals surface area (Å²) in [5, 5.41) is 0. The van der Waals surface area contributed by atoms with E-state index in [9.17, 15) is 0 Å². The average molecular weight is 233 g/mol. The third kappa shape index (κ3) is 2.21. The van der Waals surface area contributed by atoms with Gasteiger partial charge in [-0.3, -0.25) is 0 Å². The standard InChI is InChI=1S/C17H15N/c1-2-7-15(8-3-1)12-14-18-13-6-10-16-9-4-5-11-17(16)18/h1-12,14H,13H2/b14-12+. The van der Waals surface area contributed by atoms with E-state index in [-0.39, 0.29) is 0 Å². The number of fused-ring (bicyclic) bond motifs is 1. The zero-order chi connectivity index (χ0) is 12.2. The summed E-state index contributed by atoms with van der Waals surface area (Å²) in [4.78, 5) is 2.27. The molecule has 0 amide bonds. The Kier molecular flexibility index (Phi) is 2.97. The Morgan fingerprint density at radius 2 is 1.67 bits per heavy atom. The second kappa shape index (κ2) is 4.92. The first-order chi connectivity index (χ1) is 8.93. The third-order valence-electron chi connectivity index (χ3n) is 3.09. The molecule has 1 aliphatic heterocycles. The van der Waals surface area contributed by atoms with E-state index in [2.05, 4.69) is 77.9 Å². The predicted octanol–water partition coefficient (Wildman–Crippen LogP) is 4.19. The number of hydrogen-bond acceptors (Lipinski definition) is 1. The van der Waals surface area contributed by atoms with Crippen molar-refractivity contribution in [2.24, 2.45) is 0 Å². The molecule has 0 saturated carbocycles. The van der Waals surface area contributed by atoms with E-state index in [4.69, 9.17) is 0 Å². The molecule has 0 unspecified atom stereocenters. The minimum Gasteiger partial charge on any atom is -0.344 e.